The molecule has 0 atom stereocenters. The maximum atomic E-state index is 12.8. The second kappa shape index (κ2) is 11.2. The molecule has 1 heterocycles. The number of ether oxygens (including phenoxy) is 2. The molecule has 0 spiro atoms. The number of nitrogens with zero attached hydrogens (tertiary/aromatic N) is 1. The van der Waals surface area contributed by atoms with Gasteiger partial charge in [0.2, 0.25) is 0 Å². The van der Waals surface area contributed by atoms with Gasteiger partial charge in [0.05, 0.1) is 18.1 Å². The molecule has 0 aromatic heterocycles. The van der Waals surface area contributed by atoms with Gasteiger partial charge >= 0.3 is 0 Å². The van der Waals surface area contributed by atoms with Crippen LogP contribution in [0.3, 0.4) is 0 Å². The van der Waals surface area contributed by atoms with Crippen LogP contribution in [0.25, 0.3) is 6.08 Å². The summed E-state index contributed by atoms with van der Waals surface area (Å²) in [6.45, 7) is 7.31. The number of rotatable bonds is 9. The molecule has 0 bridgehead atoms. The first-order valence-electron chi connectivity index (χ1n) is 10.4. The number of carbonyl (C=O) groups is 2. The molecule has 1 aliphatic heterocycles. The monoisotopic (exact) mass is 470 g/mol. The molecular formula is C24H26N2O4S2. The maximum Gasteiger partial charge on any atom is 0.285 e. The van der Waals surface area contributed by atoms with E-state index >= 15 is 0 Å². The van der Waals surface area contributed by atoms with Crippen LogP contribution in [0.4, 0.5) is 0 Å². The van der Waals surface area contributed by atoms with E-state index in [-0.39, 0.29) is 10.2 Å². The predicted octanol–water partition coefficient (Wildman–Crippen LogP) is 5.06. The van der Waals surface area contributed by atoms with Gasteiger partial charge in [-0.05, 0) is 67.4 Å². The molecule has 6 nitrogen and oxygen atoms in total. The molecule has 0 aliphatic carbocycles. The Bertz CT molecular complexity index is 1020. The topological polar surface area (TPSA) is 67.9 Å². The van der Waals surface area contributed by atoms with Crippen molar-refractivity contribution in [3.05, 3.63) is 64.6 Å². The highest BCUT2D eigenvalue weighted by Gasteiger charge is 2.33. The molecule has 3 rings (SSSR count). The summed E-state index contributed by atoms with van der Waals surface area (Å²) in [5.74, 6) is 1.07. The minimum atomic E-state index is -0.398. The van der Waals surface area contributed by atoms with Gasteiger partial charge in [-0.15, -0.1) is 0 Å². The van der Waals surface area contributed by atoms with E-state index < -0.39 is 5.91 Å². The van der Waals surface area contributed by atoms with Crippen LogP contribution in [0.5, 0.6) is 11.5 Å². The highest BCUT2D eigenvalue weighted by Crippen LogP contribution is 2.34. The van der Waals surface area contributed by atoms with E-state index in [1.54, 1.807) is 30.3 Å². The Hall–Kier alpha value is -2.84. The van der Waals surface area contributed by atoms with Crippen molar-refractivity contribution in [3.8, 4) is 11.5 Å². The molecule has 1 fully saturated rings. The normalized spacial score (nSPS) is 14.9. The van der Waals surface area contributed by atoms with E-state index in [1.807, 2.05) is 31.2 Å². The highest BCUT2D eigenvalue weighted by atomic mass is 32.2. The van der Waals surface area contributed by atoms with Gasteiger partial charge in [0.15, 0.2) is 15.8 Å². The quantitative estimate of drug-likeness (QED) is 0.408. The summed E-state index contributed by atoms with van der Waals surface area (Å²) in [7, 11) is 0. The number of thiocarbonyl (C=S) groups is 1. The van der Waals surface area contributed by atoms with Gasteiger partial charge in [-0.25, -0.2) is 0 Å². The Balaban J connectivity index is 1.74. The van der Waals surface area contributed by atoms with E-state index in [2.05, 4.69) is 19.3 Å². The first kappa shape index (κ1) is 23.8. The van der Waals surface area contributed by atoms with Crippen LogP contribution in [0, 0.1) is 5.92 Å². The summed E-state index contributed by atoms with van der Waals surface area (Å²) < 4.78 is 11.9. The number of carbonyl (C=O) groups excluding carboxylic acids is 2. The van der Waals surface area contributed by atoms with Gasteiger partial charge in [-0.1, -0.05) is 49.9 Å². The lowest BCUT2D eigenvalue weighted by Crippen LogP contribution is -2.44. The van der Waals surface area contributed by atoms with Crippen molar-refractivity contribution in [2.75, 3.05) is 13.2 Å². The third-order valence-corrected chi connectivity index (χ3v) is 5.86. The Morgan fingerprint density at radius 3 is 2.59 bits per heavy atom. The molecule has 1 saturated heterocycles. The standard InChI is InChI=1S/C24H26N2O4S2/c1-4-29-20-14-17(10-11-19(20)30-13-12-16(2)3)15-21-23(28)26(24(31)32-21)25-22(27)18-8-6-5-7-9-18/h5-11,14-16H,4,12-13H2,1-3H3,(H,25,27)/b21-15+. The van der Waals surface area contributed by atoms with Crippen LogP contribution in [0.15, 0.2) is 53.4 Å². The summed E-state index contributed by atoms with van der Waals surface area (Å²) in [5, 5.41) is 1.11. The minimum absolute atomic E-state index is 0.268. The average Bonchev–Trinajstić information content (AvgIpc) is 3.03. The number of hydrogen-bond acceptors (Lipinski definition) is 6. The van der Waals surface area contributed by atoms with Crippen LogP contribution >= 0.6 is 24.0 Å². The van der Waals surface area contributed by atoms with Crippen molar-refractivity contribution >= 4 is 46.2 Å². The summed E-state index contributed by atoms with van der Waals surface area (Å²) in [5.41, 5.74) is 3.80. The van der Waals surface area contributed by atoms with Crippen LogP contribution in [-0.4, -0.2) is 34.4 Å². The lowest BCUT2D eigenvalue weighted by Gasteiger charge is -2.15. The molecule has 32 heavy (non-hydrogen) atoms. The van der Waals surface area contributed by atoms with Crippen LogP contribution in [0.1, 0.15) is 43.1 Å². The Morgan fingerprint density at radius 1 is 1.16 bits per heavy atom. The fourth-order valence-corrected chi connectivity index (χ4v) is 4.06. The summed E-state index contributed by atoms with van der Waals surface area (Å²) >= 11 is 6.44. The molecule has 2 amide bonds. The number of thioether (sulfide) groups is 1. The number of amides is 2. The zero-order valence-corrected chi connectivity index (χ0v) is 19.9. The zero-order valence-electron chi connectivity index (χ0n) is 18.3. The third-order valence-electron chi connectivity index (χ3n) is 4.56. The fourth-order valence-electron chi connectivity index (χ4n) is 2.88. The number of nitrogens with one attached hydrogen (secondary N) is 1. The Labute approximate surface area is 197 Å². The highest BCUT2D eigenvalue weighted by molar-refractivity contribution is 8.26. The van der Waals surface area contributed by atoms with Gasteiger partial charge in [0.25, 0.3) is 11.8 Å². The molecule has 8 heteroatoms. The molecule has 1 N–H and O–H groups in total. The lowest BCUT2D eigenvalue weighted by atomic mass is 10.1. The maximum absolute atomic E-state index is 12.8. The van der Waals surface area contributed by atoms with Crippen molar-refractivity contribution in [1.29, 1.82) is 0 Å². The van der Waals surface area contributed by atoms with E-state index in [9.17, 15) is 9.59 Å². The van der Waals surface area contributed by atoms with Crippen LogP contribution in [-0.2, 0) is 4.79 Å². The van der Waals surface area contributed by atoms with E-state index in [0.717, 1.165) is 28.8 Å². The van der Waals surface area contributed by atoms with Crippen LogP contribution in [0.2, 0.25) is 0 Å². The summed E-state index contributed by atoms with van der Waals surface area (Å²) in [6, 6.07) is 14.2. The Kier molecular flexibility index (Phi) is 8.30. The molecule has 1 aliphatic rings. The van der Waals surface area contributed by atoms with Crippen molar-refractivity contribution in [2.24, 2.45) is 5.92 Å². The molecule has 2 aromatic rings. The minimum Gasteiger partial charge on any atom is -0.490 e. The molecule has 0 saturated carbocycles. The lowest BCUT2D eigenvalue weighted by molar-refractivity contribution is -0.123. The van der Waals surface area contributed by atoms with Crippen molar-refractivity contribution in [3.63, 3.8) is 0 Å². The van der Waals surface area contributed by atoms with E-state index in [0.29, 0.717) is 41.1 Å². The molecular weight excluding hydrogens is 444 g/mol. The predicted molar refractivity (Wildman–Crippen MR) is 131 cm³/mol. The van der Waals surface area contributed by atoms with Gasteiger partial charge in [-0.3, -0.25) is 15.0 Å². The number of hydrazine groups is 1. The number of benzene rings is 2. The summed E-state index contributed by atoms with van der Waals surface area (Å²) in [4.78, 5) is 25.7. The first-order valence-corrected chi connectivity index (χ1v) is 11.6. The SMILES string of the molecule is CCOc1cc(/C=C2/SC(=S)N(NC(=O)c3ccccc3)C2=O)ccc1OCCC(C)C. The first-order chi connectivity index (χ1) is 15.4. The third kappa shape index (κ3) is 6.11. The second-order valence-electron chi connectivity index (χ2n) is 7.49. The van der Waals surface area contributed by atoms with Gasteiger partial charge in [0, 0.05) is 5.56 Å². The zero-order chi connectivity index (χ0) is 23.1. The fraction of sp³-hybridized carbons (Fsp3) is 0.292. The van der Waals surface area contributed by atoms with Gasteiger partial charge in [-0.2, -0.15) is 5.01 Å². The second-order valence-corrected chi connectivity index (χ2v) is 9.17. The van der Waals surface area contributed by atoms with Gasteiger partial charge in [0.1, 0.15) is 0 Å². The largest absolute Gasteiger partial charge is 0.490 e. The Morgan fingerprint density at radius 2 is 1.91 bits per heavy atom. The van der Waals surface area contributed by atoms with E-state index in [4.69, 9.17) is 21.7 Å². The summed E-state index contributed by atoms with van der Waals surface area (Å²) in [6.07, 6.45) is 2.68. The molecule has 168 valence electrons. The van der Waals surface area contributed by atoms with Crippen LogP contribution < -0.4 is 14.9 Å². The average molecular weight is 471 g/mol. The van der Waals surface area contributed by atoms with Crippen molar-refractivity contribution in [1.82, 2.24) is 10.4 Å². The molecule has 0 unspecified atom stereocenters. The van der Waals surface area contributed by atoms with Crippen molar-refractivity contribution in [2.45, 2.75) is 27.2 Å². The van der Waals surface area contributed by atoms with E-state index in [1.165, 1.54) is 0 Å². The smallest absolute Gasteiger partial charge is 0.285 e. The van der Waals surface area contributed by atoms with Gasteiger partial charge < -0.3 is 9.47 Å². The molecule has 2 aromatic carbocycles. The molecule has 0 radical (unpaired) electrons. The number of hydrogen-bond donors (Lipinski definition) is 1. The van der Waals surface area contributed by atoms with Crippen molar-refractivity contribution < 1.29 is 19.1 Å².